The van der Waals surface area contributed by atoms with Gasteiger partial charge < -0.3 is 15.0 Å². The molecule has 0 saturated carbocycles. The Morgan fingerprint density at radius 3 is 2.43 bits per heavy atom. The van der Waals surface area contributed by atoms with Crippen LogP contribution in [0.3, 0.4) is 0 Å². The number of likely N-dealkylation sites (N-methyl/N-ethyl adjacent to an activating group) is 1. The van der Waals surface area contributed by atoms with Crippen LogP contribution in [0.15, 0.2) is 18.2 Å². The zero-order chi connectivity index (χ0) is 17.6. The van der Waals surface area contributed by atoms with Crippen LogP contribution in [0.2, 0.25) is 10.0 Å². The number of benzene rings is 1. The zero-order valence-corrected chi connectivity index (χ0v) is 15.3. The van der Waals surface area contributed by atoms with E-state index in [0.29, 0.717) is 22.3 Å². The van der Waals surface area contributed by atoms with E-state index >= 15 is 0 Å². The molecule has 0 aliphatic carbocycles. The second kappa shape index (κ2) is 8.41. The lowest BCUT2D eigenvalue weighted by Gasteiger charge is -2.25. The van der Waals surface area contributed by atoms with Crippen LogP contribution in [0.1, 0.15) is 27.7 Å². The van der Waals surface area contributed by atoms with Crippen molar-refractivity contribution in [2.75, 3.05) is 19.7 Å². The van der Waals surface area contributed by atoms with Crippen LogP contribution < -0.4 is 10.1 Å². The van der Waals surface area contributed by atoms with Crippen LogP contribution in [0, 0.1) is 0 Å². The first kappa shape index (κ1) is 19.6. The standard InChI is InChI=1S/C16H22Cl2N2O3/c1-5-20(9-14(21)19-16(2,3)4)15(22)10-23-13-7-6-11(17)8-12(13)18/h6-8H,5,9-10H2,1-4H3,(H,19,21). The number of ether oxygens (including phenoxy) is 1. The highest BCUT2D eigenvalue weighted by atomic mass is 35.5. The number of carbonyl (C=O) groups excluding carboxylic acids is 2. The molecule has 128 valence electrons. The number of nitrogens with one attached hydrogen (secondary N) is 1. The average molecular weight is 361 g/mol. The molecule has 0 bridgehead atoms. The highest BCUT2D eigenvalue weighted by Crippen LogP contribution is 2.27. The molecular weight excluding hydrogens is 339 g/mol. The highest BCUT2D eigenvalue weighted by Gasteiger charge is 2.20. The van der Waals surface area contributed by atoms with E-state index in [0.717, 1.165) is 0 Å². The molecule has 0 saturated heterocycles. The second-order valence-electron chi connectivity index (χ2n) is 6.07. The van der Waals surface area contributed by atoms with Gasteiger partial charge >= 0.3 is 0 Å². The summed E-state index contributed by atoms with van der Waals surface area (Å²) in [4.78, 5) is 25.5. The fourth-order valence-corrected chi connectivity index (χ4v) is 2.29. The van der Waals surface area contributed by atoms with Gasteiger partial charge in [-0.25, -0.2) is 0 Å². The predicted octanol–water partition coefficient (Wildman–Crippen LogP) is 3.14. The van der Waals surface area contributed by atoms with Gasteiger partial charge in [0.05, 0.1) is 11.6 Å². The molecule has 0 unspecified atom stereocenters. The fraction of sp³-hybridized carbons (Fsp3) is 0.500. The van der Waals surface area contributed by atoms with Gasteiger partial charge in [0.15, 0.2) is 6.61 Å². The molecule has 1 rings (SSSR count). The predicted molar refractivity (Wildman–Crippen MR) is 92.1 cm³/mol. The van der Waals surface area contributed by atoms with Gasteiger partial charge in [0.1, 0.15) is 5.75 Å². The monoisotopic (exact) mass is 360 g/mol. The Balaban J connectivity index is 2.58. The van der Waals surface area contributed by atoms with Crippen molar-refractivity contribution in [3.05, 3.63) is 28.2 Å². The highest BCUT2D eigenvalue weighted by molar-refractivity contribution is 6.35. The molecule has 5 nitrogen and oxygen atoms in total. The lowest BCUT2D eigenvalue weighted by molar-refractivity contribution is -0.137. The van der Waals surface area contributed by atoms with E-state index in [1.54, 1.807) is 19.1 Å². The number of nitrogens with zero attached hydrogens (tertiary/aromatic N) is 1. The Morgan fingerprint density at radius 1 is 1.26 bits per heavy atom. The summed E-state index contributed by atoms with van der Waals surface area (Å²) in [5.74, 6) is -0.126. The summed E-state index contributed by atoms with van der Waals surface area (Å²) in [6, 6.07) is 4.76. The van der Waals surface area contributed by atoms with Gasteiger partial charge in [-0.05, 0) is 45.9 Å². The van der Waals surface area contributed by atoms with Crippen LogP contribution in [-0.2, 0) is 9.59 Å². The molecule has 0 spiro atoms. The molecule has 1 aromatic carbocycles. The minimum Gasteiger partial charge on any atom is -0.482 e. The largest absolute Gasteiger partial charge is 0.482 e. The molecule has 1 aromatic rings. The number of hydrogen-bond donors (Lipinski definition) is 1. The van der Waals surface area contributed by atoms with Crippen molar-refractivity contribution in [3.63, 3.8) is 0 Å². The molecule has 23 heavy (non-hydrogen) atoms. The van der Waals surface area contributed by atoms with Gasteiger partial charge in [0, 0.05) is 17.1 Å². The Labute approximate surface area is 146 Å². The van der Waals surface area contributed by atoms with Crippen molar-refractivity contribution in [3.8, 4) is 5.75 Å². The summed E-state index contributed by atoms with van der Waals surface area (Å²) in [7, 11) is 0. The molecule has 2 amide bonds. The van der Waals surface area contributed by atoms with Crippen molar-refractivity contribution in [2.24, 2.45) is 0 Å². The maximum Gasteiger partial charge on any atom is 0.260 e. The van der Waals surface area contributed by atoms with Gasteiger partial charge in [0.2, 0.25) is 5.91 Å². The van der Waals surface area contributed by atoms with Gasteiger partial charge in [-0.3, -0.25) is 9.59 Å². The van der Waals surface area contributed by atoms with Gasteiger partial charge in [0.25, 0.3) is 5.91 Å². The van der Waals surface area contributed by atoms with E-state index in [2.05, 4.69) is 5.32 Å². The van der Waals surface area contributed by atoms with E-state index in [1.807, 2.05) is 20.8 Å². The van der Waals surface area contributed by atoms with Crippen LogP contribution in [0.25, 0.3) is 0 Å². The SMILES string of the molecule is CCN(CC(=O)NC(C)(C)C)C(=O)COc1ccc(Cl)cc1Cl. The van der Waals surface area contributed by atoms with E-state index in [-0.39, 0.29) is 30.5 Å². The third kappa shape index (κ3) is 7.10. The first-order valence-electron chi connectivity index (χ1n) is 7.29. The Kier molecular flexibility index (Phi) is 7.16. The van der Waals surface area contributed by atoms with E-state index in [9.17, 15) is 9.59 Å². The average Bonchev–Trinajstić information content (AvgIpc) is 2.41. The van der Waals surface area contributed by atoms with E-state index < -0.39 is 0 Å². The summed E-state index contributed by atoms with van der Waals surface area (Å²) in [6.45, 7) is 7.66. The quantitative estimate of drug-likeness (QED) is 0.847. The number of rotatable bonds is 6. The molecule has 0 atom stereocenters. The lowest BCUT2D eigenvalue weighted by atomic mass is 10.1. The molecule has 7 heteroatoms. The lowest BCUT2D eigenvalue weighted by Crippen LogP contribution is -2.48. The number of hydrogen-bond acceptors (Lipinski definition) is 3. The number of carbonyl (C=O) groups is 2. The minimum atomic E-state index is -0.340. The van der Waals surface area contributed by atoms with E-state index in [4.69, 9.17) is 27.9 Å². The van der Waals surface area contributed by atoms with Gasteiger partial charge in [-0.2, -0.15) is 0 Å². The zero-order valence-electron chi connectivity index (χ0n) is 13.8. The first-order valence-corrected chi connectivity index (χ1v) is 8.04. The summed E-state index contributed by atoms with van der Waals surface area (Å²) < 4.78 is 5.41. The van der Waals surface area contributed by atoms with Crippen molar-refractivity contribution in [2.45, 2.75) is 33.2 Å². The van der Waals surface area contributed by atoms with Crippen molar-refractivity contribution in [1.82, 2.24) is 10.2 Å². The van der Waals surface area contributed by atoms with Crippen LogP contribution in [0.4, 0.5) is 0 Å². The van der Waals surface area contributed by atoms with Crippen molar-refractivity contribution in [1.29, 1.82) is 0 Å². The molecular formula is C16H22Cl2N2O3. The number of halogens is 2. The van der Waals surface area contributed by atoms with Crippen LogP contribution in [0.5, 0.6) is 5.75 Å². The third-order valence-electron chi connectivity index (χ3n) is 2.83. The molecule has 0 heterocycles. The van der Waals surface area contributed by atoms with Crippen LogP contribution in [-0.4, -0.2) is 41.9 Å². The van der Waals surface area contributed by atoms with Gasteiger partial charge in [-0.1, -0.05) is 23.2 Å². The van der Waals surface area contributed by atoms with Crippen molar-refractivity contribution >= 4 is 35.0 Å². The van der Waals surface area contributed by atoms with E-state index in [1.165, 1.54) is 11.0 Å². The summed E-state index contributed by atoms with van der Waals surface area (Å²) in [6.07, 6.45) is 0. The molecule has 0 fully saturated rings. The summed E-state index contributed by atoms with van der Waals surface area (Å²) >= 11 is 11.8. The van der Waals surface area contributed by atoms with Gasteiger partial charge in [-0.15, -0.1) is 0 Å². The Hall–Kier alpha value is -1.46. The summed E-state index contributed by atoms with van der Waals surface area (Å²) in [5, 5.41) is 3.64. The minimum absolute atomic E-state index is 0.00961. The maximum absolute atomic E-state index is 12.2. The molecule has 0 aromatic heterocycles. The number of amides is 2. The topological polar surface area (TPSA) is 58.6 Å². The van der Waals surface area contributed by atoms with Crippen LogP contribution >= 0.6 is 23.2 Å². The molecule has 0 aliphatic rings. The first-order chi connectivity index (χ1) is 10.6. The second-order valence-corrected chi connectivity index (χ2v) is 6.91. The normalized spacial score (nSPS) is 11.0. The third-order valence-corrected chi connectivity index (χ3v) is 3.36. The fourth-order valence-electron chi connectivity index (χ4n) is 1.83. The maximum atomic E-state index is 12.2. The Bertz CT molecular complexity index is 571. The molecule has 1 N–H and O–H groups in total. The molecule has 0 aliphatic heterocycles. The smallest absolute Gasteiger partial charge is 0.260 e. The van der Waals surface area contributed by atoms with Crippen molar-refractivity contribution < 1.29 is 14.3 Å². The molecule has 0 radical (unpaired) electrons. The Morgan fingerprint density at radius 2 is 1.91 bits per heavy atom. The summed E-state index contributed by atoms with van der Waals surface area (Å²) in [5.41, 5.74) is -0.340.